The van der Waals surface area contributed by atoms with Crippen LogP contribution in [0.2, 0.25) is 0 Å². The van der Waals surface area contributed by atoms with Crippen LogP contribution in [0.5, 0.6) is 0 Å². The quantitative estimate of drug-likeness (QED) is 0.751. The summed E-state index contributed by atoms with van der Waals surface area (Å²) in [5.74, 6) is 0.247. The maximum atomic E-state index is 12.8. The SMILES string of the molecule is CC1(C(=O)c2c[nH]c3nccc(N[C@@H]4CCCNC4)c23)CC1.Cl. The molecule has 0 spiro atoms. The molecule has 2 aromatic rings. The smallest absolute Gasteiger partial charge is 0.171 e. The van der Waals surface area contributed by atoms with Crippen LogP contribution >= 0.6 is 12.4 Å². The summed E-state index contributed by atoms with van der Waals surface area (Å²) in [5.41, 5.74) is 2.44. The number of halogens is 1. The van der Waals surface area contributed by atoms with E-state index in [1.165, 1.54) is 6.42 Å². The van der Waals surface area contributed by atoms with Gasteiger partial charge in [-0.25, -0.2) is 4.98 Å². The molecule has 2 aromatic heterocycles. The first-order valence-electron chi connectivity index (χ1n) is 8.15. The van der Waals surface area contributed by atoms with Crippen molar-refractivity contribution in [2.45, 2.75) is 38.6 Å². The predicted octanol–water partition coefficient (Wildman–Crippen LogP) is 3.13. The number of fused-ring (bicyclic) bond motifs is 1. The van der Waals surface area contributed by atoms with Crippen molar-refractivity contribution in [1.82, 2.24) is 15.3 Å². The van der Waals surface area contributed by atoms with Crippen molar-refractivity contribution < 1.29 is 4.79 Å². The molecule has 2 fully saturated rings. The molecule has 0 amide bonds. The number of carbonyl (C=O) groups excluding carboxylic acids is 1. The van der Waals surface area contributed by atoms with Crippen LogP contribution in [0.3, 0.4) is 0 Å². The molecule has 2 aliphatic rings. The second-order valence-corrected chi connectivity index (χ2v) is 6.86. The number of rotatable bonds is 4. The lowest BCUT2D eigenvalue weighted by Crippen LogP contribution is -2.38. The van der Waals surface area contributed by atoms with Gasteiger partial charge in [0, 0.05) is 41.6 Å². The molecule has 0 bridgehead atoms. The van der Waals surface area contributed by atoms with Crippen LogP contribution in [0.15, 0.2) is 18.5 Å². The zero-order valence-electron chi connectivity index (χ0n) is 13.3. The Bertz CT molecular complexity index is 716. The number of H-pyrrole nitrogens is 1. The molecular formula is C17H23ClN4O. The maximum absolute atomic E-state index is 12.8. The molecule has 4 rings (SSSR count). The highest BCUT2D eigenvalue weighted by Crippen LogP contribution is 2.48. The molecule has 1 saturated heterocycles. The number of carbonyl (C=O) groups is 1. The number of Topliss-reactive ketones (excluding diaryl/α,β-unsaturated/α-hetero) is 1. The third-order valence-corrected chi connectivity index (χ3v) is 5.02. The molecule has 0 aromatic carbocycles. The van der Waals surface area contributed by atoms with Crippen molar-refractivity contribution in [2.75, 3.05) is 18.4 Å². The zero-order chi connectivity index (χ0) is 15.2. The Kier molecular flexibility index (Phi) is 4.34. The van der Waals surface area contributed by atoms with Crippen molar-refractivity contribution >= 4 is 34.9 Å². The number of anilines is 1. The summed E-state index contributed by atoms with van der Waals surface area (Å²) >= 11 is 0. The fourth-order valence-corrected chi connectivity index (χ4v) is 3.29. The largest absolute Gasteiger partial charge is 0.380 e. The average Bonchev–Trinajstić information content (AvgIpc) is 3.14. The first kappa shape index (κ1) is 16.3. The van der Waals surface area contributed by atoms with Crippen LogP contribution in [0.25, 0.3) is 11.0 Å². The van der Waals surface area contributed by atoms with Gasteiger partial charge in [-0.3, -0.25) is 4.79 Å². The first-order valence-corrected chi connectivity index (χ1v) is 8.15. The molecule has 124 valence electrons. The van der Waals surface area contributed by atoms with Crippen molar-refractivity contribution in [3.63, 3.8) is 0 Å². The van der Waals surface area contributed by atoms with Gasteiger partial charge in [0.15, 0.2) is 5.78 Å². The summed E-state index contributed by atoms with van der Waals surface area (Å²) in [5, 5.41) is 7.97. The van der Waals surface area contributed by atoms with Gasteiger partial charge in [0.25, 0.3) is 0 Å². The minimum Gasteiger partial charge on any atom is -0.380 e. The summed E-state index contributed by atoms with van der Waals surface area (Å²) in [6.07, 6.45) is 7.95. The highest BCUT2D eigenvalue weighted by atomic mass is 35.5. The number of hydrogen-bond donors (Lipinski definition) is 3. The van der Waals surface area contributed by atoms with E-state index < -0.39 is 0 Å². The standard InChI is InChI=1S/C17H22N4O.ClH/c1-17(5-6-17)15(22)12-10-20-16-14(12)13(4-8-19-16)21-11-3-2-7-18-9-11;/h4,8,10-11,18H,2-3,5-7,9H2,1H3,(H2,19,20,21);1H/t11-;/m1./s1. The summed E-state index contributed by atoms with van der Waals surface area (Å²) in [7, 11) is 0. The lowest BCUT2D eigenvalue weighted by molar-refractivity contribution is 0.0914. The van der Waals surface area contributed by atoms with Crippen LogP contribution < -0.4 is 10.6 Å². The lowest BCUT2D eigenvalue weighted by atomic mass is 9.96. The van der Waals surface area contributed by atoms with E-state index in [2.05, 4.69) is 27.5 Å². The Morgan fingerprint density at radius 3 is 2.96 bits per heavy atom. The molecule has 1 aliphatic carbocycles. The van der Waals surface area contributed by atoms with Crippen LogP contribution in [-0.2, 0) is 0 Å². The van der Waals surface area contributed by atoms with E-state index in [4.69, 9.17) is 0 Å². The number of pyridine rings is 1. The van der Waals surface area contributed by atoms with E-state index in [1.54, 1.807) is 6.20 Å². The molecule has 1 atom stereocenters. The molecule has 3 N–H and O–H groups in total. The fraction of sp³-hybridized carbons (Fsp3) is 0.529. The van der Waals surface area contributed by atoms with Crippen molar-refractivity contribution in [3.05, 3.63) is 24.0 Å². The van der Waals surface area contributed by atoms with Crippen LogP contribution in [-0.4, -0.2) is 34.9 Å². The van der Waals surface area contributed by atoms with E-state index in [0.717, 1.165) is 54.6 Å². The molecule has 0 unspecified atom stereocenters. The number of ketones is 1. The molecule has 0 radical (unpaired) electrons. The Morgan fingerprint density at radius 1 is 1.43 bits per heavy atom. The third-order valence-electron chi connectivity index (χ3n) is 5.02. The zero-order valence-corrected chi connectivity index (χ0v) is 14.1. The highest BCUT2D eigenvalue weighted by molar-refractivity contribution is 6.14. The number of nitrogens with zero attached hydrogens (tertiary/aromatic N) is 1. The number of hydrogen-bond acceptors (Lipinski definition) is 4. The van der Waals surface area contributed by atoms with Crippen molar-refractivity contribution in [3.8, 4) is 0 Å². The molecule has 1 saturated carbocycles. The van der Waals surface area contributed by atoms with Gasteiger partial charge in [-0.15, -0.1) is 12.4 Å². The third kappa shape index (κ3) is 2.95. The Labute approximate surface area is 142 Å². The second-order valence-electron chi connectivity index (χ2n) is 6.86. The second kappa shape index (κ2) is 6.13. The number of aromatic nitrogens is 2. The normalized spacial score (nSPS) is 22.4. The van der Waals surface area contributed by atoms with Gasteiger partial charge in [-0.05, 0) is 38.3 Å². The minimum absolute atomic E-state index is 0. The Morgan fingerprint density at radius 2 is 2.26 bits per heavy atom. The van der Waals surface area contributed by atoms with Gasteiger partial charge in [0.1, 0.15) is 5.65 Å². The minimum atomic E-state index is -0.158. The van der Waals surface area contributed by atoms with Gasteiger partial charge in [0.05, 0.1) is 5.39 Å². The summed E-state index contributed by atoms with van der Waals surface area (Å²) in [6.45, 7) is 4.12. The lowest BCUT2D eigenvalue weighted by Gasteiger charge is -2.25. The fourth-order valence-electron chi connectivity index (χ4n) is 3.29. The molecule has 3 heterocycles. The number of aromatic amines is 1. The van der Waals surface area contributed by atoms with Gasteiger partial charge >= 0.3 is 0 Å². The van der Waals surface area contributed by atoms with Gasteiger partial charge in [0.2, 0.25) is 0 Å². The van der Waals surface area contributed by atoms with Crippen LogP contribution in [0.1, 0.15) is 43.0 Å². The number of nitrogens with one attached hydrogen (secondary N) is 3. The predicted molar refractivity (Wildman–Crippen MR) is 94.5 cm³/mol. The topological polar surface area (TPSA) is 69.8 Å². The van der Waals surface area contributed by atoms with Crippen molar-refractivity contribution in [1.29, 1.82) is 0 Å². The first-order chi connectivity index (χ1) is 10.7. The maximum Gasteiger partial charge on any atom is 0.171 e. The Hall–Kier alpha value is -1.59. The van der Waals surface area contributed by atoms with Crippen LogP contribution in [0.4, 0.5) is 5.69 Å². The van der Waals surface area contributed by atoms with Gasteiger partial charge in [-0.2, -0.15) is 0 Å². The monoisotopic (exact) mass is 334 g/mol. The summed E-state index contributed by atoms with van der Waals surface area (Å²) in [4.78, 5) is 20.3. The van der Waals surface area contributed by atoms with E-state index >= 15 is 0 Å². The number of piperidine rings is 1. The molecule has 23 heavy (non-hydrogen) atoms. The molecular weight excluding hydrogens is 312 g/mol. The van der Waals surface area contributed by atoms with E-state index in [1.807, 2.05) is 12.3 Å². The van der Waals surface area contributed by atoms with E-state index in [0.29, 0.717) is 6.04 Å². The van der Waals surface area contributed by atoms with Gasteiger partial charge in [-0.1, -0.05) is 6.92 Å². The average molecular weight is 335 g/mol. The van der Waals surface area contributed by atoms with Crippen LogP contribution in [0, 0.1) is 5.41 Å². The summed E-state index contributed by atoms with van der Waals surface area (Å²) in [6, 6.07) is 2.39. The van der Waals surface area contributed by atoms with E-state index in [9.17, 15) is 4.79 Å². The molecule has 5 nitrogen and oxygen atoms in total. The summed E-state index contributed by atoms with van der Waals surface area (Å²) < 4.78 is 0. The van der Waals surface area contributed by atoms with Gasteiger partial charge < -0.3 is 15.6 Å². The van der Waals surface area contributed by atoms with E-state index in [-0.39, 0.29) is 23.6 Å². The molecule has 6 heteroatoms. The Balaban J connectivity index is 0.00000156. The molecule has 1 aliphatic heterocycles. The highest BCUT2D eigenvalue weighted by Gasteiger charge is 2.45. The van der Waals surface area contributed by atoms with Crippen molar-refractivity contribution in [2.24, 2.45) is 5.41 Å².